The first-order valence-corrected chi connectivity index (χ1v) is 6.35. The second-order valence-corrected chi connectivity index (χ2v) is 4.81. The van der Waals surface area contributed by atoms with E-state index >= 15 is 0 Å². The van der Waals surface area contributed by atoms with Gasteiger partial charge in [-0.25, -0.2) is 0 Å². The number of nitrogens with one attached hydrogen (secondary N) is 2. The lowest BCUT2D eigenvalue weighted by Crippen LogP contribution is -2.22. The molecule has 0 bridgehead atoms. The molecule has 1 aromatic carbocycles. The summed E-state index contributed by atoms with van der Waals surface area (Å²) in [5.41, 5.74) is 2.25. The number of amides is 1. The number of rotatable bonds is 4. The van der Waals surface area contributed by atoms with E-state index in [9.17, 15) is 4.79 Å². The summed E-state index contributed by atoms with van der Waals surface area (Å²) in [5, 5.41) is 14.3. The van der Waals surface area contributed by atoms with Gasteiger partial charge in [-0.2, -0.15) is 0 Å². The monoisotopic (exact) mass is 262 g/mol. The fraction of sp³-hybridized carbons (Fsp3) is 0.250. The molecule has 0 aliphatic heterocycles. The highest BCUT2D eigenvalue weighted by molar-refractivity contribution is 7.17. The van der Waals surface area contributed by atoms with Gasteiger partial charge in [-0.1, -0.05) is 41.2 Å². The van der Waals surface area contributed by atoms with Crippen LogP contribution in [0.25, 0.3) is 0 Å². The van der Waals surface area contributed by atoms with Crippen molar-refractivity contribution in [1.82, 2.24) is 15.5 Å². The van der Waals surface area contributed by atoms with Gasteiger partial charge < -0.3 is 10.6 Å². The van der Waals surface area contributed by atoms with Gasteiger partial charge >= 0.3 is 0 Å². The number of hydrogen-bond acceptors (Lipinski definition) is 5. The molecule has 0 aliphatic rings. The molecular formula is C12H14N4OS. The smallest absolute Gasteiger partial charge is 0.282 e. The Kier molecular flexibility index (Phi) is 3.88. The molecular weight excluding hydrogens is 248 g/mol. The molecule has 0 aliphatic carbocycles. The Labute approximate surface area is 109 Å². The Balaban J connectivity index is 1.96. The van der Waals surface area contributed by atoms with Crippen LogP contribution in [-0.4, -0.2) is 23.2 Å². The lowest BCUT2D eigenvalue weighted by molar-refractivity contribution is 0.0950. The number of hydrogen-bond donors (Lipinski definition) is 2. The van der Waals surface area contributed by atoms with Crippen LogP contribution in [-0.2, 0) is 6.54 Å². The van der Waals surface area contributed by atoms with Crippen LogP contribution in [0, 0.1) is 6.92 Å². The van der Waals surface area contributed by atoms with E-state index < -0.39 is 0 Å². The van der Waals surface area contributed by atoms with E-state index in [4.69, 9.17) is 0 Å². The standard InChI is InChI=1S/C12H14N4OS/c1-8-4-3-5-9(6-8)7-14-10(17)11-15-16-12(13-2)18-11/h3-6H,7H2,1-2H3,(H,13,16)(H,14,17). The second kappa shape index (κ2) is 5.59. The van der Waals surface area contributed by atoms with Crippen molar-refractivity contribution in [3.05, 3.63) is 40.4 Å². The van der Waals surface area contributed by atoms with Crippen LogP contribution < -0.4 is 10.6 Å². The minimum Gasteiger partial charge on any atom is -0.363 e. The van der Waals surface area contributed by atoms with E-state index in [-0.39, 0.29) is 5.91 Å². The van der Waals surface area contributed by atoms with Gasteiger partial charge in [0.2, 0.25) is 10.1 Å². The average molecular weight is 262 g/mol. The molecule has 2 rings (SSSR count). The minimum atomic E-state index is -0.199. The van der Waals surface area contributed by atoms with E-state index in [1.807, 2.05) is 31.2 Å². The Morgan fingerprint density at radius 2 is 2.22 bits per heavy atom. The molecule has 2 N–H and O–H groups in total. The van der Waals surface area contributed by atoms with Crippen LogP contribution in [0.4, 0.5) is 5.13 Å². The summed E-state index contributed by atoms with van der Waals surface area (Å²) in [5.74, 6) is -0.199. The predicted octanol–water partition coefficient (Wildman–Crippen LogP) is 1.82. The van der Waals surface area contributed by atoms with Crippen LogP contribution in [0.15, 0.2) is 24.3 Å². The van der Waals surface area contributed by atoms with Gasteiger partial charge in [0.05, 0.1) is 0 Å². The van der Waals surface area contributed by atoms with E-state index in [2.05, 4.69) is 20.8 Å². The van der Waals surface area contributed by atoms with Gasteiger partial charge in [-0.3, -0.25) is 4.79 Å². The second-order valence-electron chi connectivity index (χ2n) is 3.83. The molecule has 2 aromatic rings. The largest absolute Gasteiger partial charge is 0.363 e. The number of aryl methyl sites for hydroxylation is 1. The van der Waals surface area contributed by atoms with Crippen molar-refractivity contribution < 1.29 is 4.79 Å². The molecule has 5 nitrogen and oxygen atoms in total. The number of anilines is 1. The Bertz CT molecular complexity index is 553. The molecule has 6 heteroatoms. The molecule has 0 spiro atoms. The van der Waals surface area contributed by atoms with Gasteiger partial charge in [0.1, 0.15) is 0 Å². The third-order valence-corrected chi connectivity index (χ3v) is 3.31. The zero-order valence-electron chi connectivity index (χ0n) is 10.2. The van der Waals surface area contributed by atoms with E-state index in [0.717, 1.165) is 5.56 Å². The summed E-state index contributed by atoms with van der Waals surface area (Å²) < 4.78 is 0. The maximum atomic E-state index is 11.8. The van der Waals surface area contributed by atoms with Gasteiger partial charge in [0, 0.05) is 13.6 Å². The summed E-state index contributed by atoms with van der Waals surface area (Å²) in [6.07, 6.45) is 0. The molecule has 0 saturated heterocycles. The lowest BCUT2D eigenvalue weighted by atomic mass is 10.1. The van der Waals surface area contributed by atoms with Crippen LogP contribution in [0.2, 0.25) is 0 Å². The SMILES string of the molecule is CNc1nnc(C(=O)NCc2cccc(C)c2)s1. The quantitative estimate of drug-likeness (QED) is 0.882. The van der Waals surface area contributed by atoms with Crippen LogP contribution >= 0.6 is 11.3 Å². The molecule has 1 amide bonds. The summed E-state index contributed by atoms with van der Waals surface area (Å²) in [6.45, 7) is 2.52. The molecule has 0 saturated carbocycles. The molecule has 94 valence electrons. The van der Waals surface area contributed by atoms with Gasteiger partial charge in [0.15, 0.2) is 0 Å². The molecule has 1 aromatic heterocycles. The Hall–Kier alpha value is -1.95. The first-order valence-electron chi connectivity index (χ1n) is 5.54. The zero-order valence-corrected chi connectivity index (χ0v) is 11.0. The van der Waals surface area contributed by atoms with Crippen molar-refractivity contribution in [2.75, 3.05) is 12.4 Å². The minimum absolute atomic E-state index is 0.199. The topological polar surface area (TPSA) is 66.9 Å². The third-order valence-electron chi connectivity index (χ3n) is 2.37. The van der Waals surface area contributed by atoms with Gasteiger partial charge in [-0.05, 0) is 12.5 Å². The maximum absolute atomic E-state index is 11.8. The van der Waals surface area contributed by atoms with Crippen molar-refractivity contribution >= 4 is 22.4 Å². The summed E-state index contributed by atoms with van der Waals surface area (Å²) in [4.78, 5) is 11.8. The molecule has 18 heavy (non-hydrogen) atoms. The highest BCUT2D eigenvalue weighted by Gasteiger charge is 2.11. The molecule has 1 heterocycles. The van der Waals surface area contributed by atoms with Crippen LogP contribution in [0.3, 0.4) is 0 Å². The molecule has 0 unspecified atom stereocenters. The number of carbonyl (C=O) groups is 1. The summed E-state index contributed by atoms with van der Waals surface area (Å²) >= 11 is 1.23. The highest BCUT2D eigenvalue weighted by atomic mass is 32.1. The van der Waals surface area contributed by atoms with Gasteiger partial charge in [0.25, 0.3) is 5.91 Å². The van der Waals surface area contributed by atoms with Gasteiger partial charge in [-0.15, -0.1) is 10.2 Å². The average Bonchev–Trinajstić information content (AvgIpc) is 2.85. The van der Waals surface area contributed by atoms with Crippen molar-refractivity contribution in [2.24, 2.45) is 0 Å². The van der Waals surface area contributed by atoms with Crippen molar-refractivity contribution in [1.29, 1.82) is 0 Å². The van der Waals surface area contributed by atoms with Crippen molar-refractivity contribution in [3.8, 4) is 0 Å². The van der Waals surface area contributed by atoms with Crippen molar-refractivity contribution in [2.45, 2.75) is 13.5 Å². The maximum Gasteiger partial charge on any atom is 0.282 e. The Morgan fingerprint density at radius 1 is 1.39 bits per heavy atom. The number of carbonyl (C=O) groups excluding carboxylic acids is 1. The van der Waals surface area contributed by atoms with E-state index in [1.165, 1.54) is 16.9 Å². The van der Waals surface area contributed by atoms with Crippen LogP contribution in [0.1, 0.15) is 20.9 Å². The fourth-order valence-corrected chi connectivity index (χ4v) is 2.11. The fourth-order valence-electron chi connectivity index (χ4n) is 1.50. The Morgan fingerprint density at radius 3 is 2.89 bits per heavy atom. The highest BCUT2D eigenvalue weighted by Crippen LogP contribution is 2.14. The normalized spacial score (nSPS) is 10.1. The number of nitrogens with zero attached hydrogens (tertiary/aromatic N) is 2. The molecule has 0 radical (unpaired) electrons. The van der Waals surface area contributed by atoms with Crippen molar-refractivity contribution in [3.63, 3.8) is 0 Å². The lowest BCUT2D eigenvalue weighted by Gasteiger charge is -2.03. The first kappa shape index (κ1) is 12.5. The first-order chi connectivity index (χ1) is 8.69. The number of benzene rings is 1. The zero-order chi connectivity index (χ0) is 13.0. The molecule has 0 fully saturated rings. The van der Waals surface area contributed by atoms with E-state index in [1.54, 1.807) is 7.05 Å². The van der Waals surface area contributed by atoms with E-state index in [0.29, 0.717) is 16.7 Å². The summed E-state index contributed by atoms with van der Waals surface area (Å²) in [7, 11) is 1.74. The van der Waals surface area contributed by atoms with Crippen LogP contribution in [0.5, 0.6) is 0 Å². The molecule has 0 atom stereocenters. The third kappa shape index (κ3) is 3.04. The number of aromatic nitrogens is 2. The predicted molar refractivity (Wildman–Crippen MR) is 71.8 cm³/mol. The summed E-state index contributed by atoms with van der Waals surface area (Å²) in [6, 6.07) is 8.02.